The second kappa shape index (κ2) is 9.92. The summed E-state index contributed by atoms with van der Waals surface area (Å²) in [5, 5.41) is 11.4. The van der Waals surface area contributed by atoms with E-state index in [1.54, 1.807) is 0 Å². The first-order chi connectivity index (χ1) is 12.2. The highest BCUT2D eigenvalue weighted by molar-refractivity contribution is 14.0. The molecule has 0 saturated heterocycles. The zero-order valence-electron chi connectivity index (χ0n) is 16.3. The van der Waals surface area contributed by atoms with Gasteiger partial charge in [0.15, 0.2) is 5.96 Å². The molecule has 148 valence electrons. The standard InChI is InChI=1S/C19H33N5O.HI/c1-4-20-18(21-10-11-24-14-15(3)13-22-24)23-16-12-17(25-5-2)19(16)8-6-7-9-19;/h13-14,16-17H,4-12H2,1-3H3,(H2,20,21,23);1H. The molecule has 0 amide bonds. The maximum atomic E-state index is 6.02. The summed E-state index contributed by atoms with van der Waals surface area (Å²) in [5.74, 6) is 0.928. The minimum atomic E-state index is 0. The van der Waals surface area contributed by atoms with Crippen LogP contribution in [0.5, 0.6) is 0 Å². The van der Waals surface area contributed by atoms with Crippen LogP contribution in [-0.2, 0) is 11.3 Å². The van der Waals surface area contributed by atoms with Crippen LogP contribution in [0.4, 0.5) is 0 Å². The Kier molecular flexibility index (Phi) is 8.19. The predicted octanol–water partition coefficient (Wildman–Crippen LogP) is 3.10. The molecule has 2 aliphatic carbocycles. The van der Waals surface area contributed by atoms with Gasteiger partial charge in [-0.3, -0.25) is 9.67 Å². The molecule has 2 unspecified atom stereocenters. The number of aliphatic imine (C=N–C) groups is 1. The lowest BCUT2D eigenvalue weighted by Crippen LogP contribution is -2.65. The molecule has 0 aromatic carbocycles. The third-order valence-corrected chi connectivity index (χ3v) is 5.70. The van der Waals surface area contributed by atoms with Gasteiger partial charge in [-0.15, -0.1) is 24.0 Å². The lowest BCUT2D eigenvalue weighted by atomic mass is 9.60. The number of nitrogens with one attached hydrogen (secondary N) is 2. The van der Waals surface area contributed by atoms with Crippen LogP contribution in [0.25, 0.3) is 0 Å². The lowest BCUT2D eigenvalue weighted by Gasteiger charge is -2.54. The Bertz CT molecular complexity index is 582. The normalized spacial score (nSPS) is 24.2. The van der Waals surface area contributed by atoms with Crippen molar-refractivity contribution in [2.45, 2.75) is 71.6 Å². The molecule has 1 aromatic rings. The van der Waals surface area contributed by atoms with Crippen LogP contribution in [0.2, 0.25) is 0 Å². The zero-order valence-corrected chi connectivity index (χ0v) is 18.7. The monoisotopic (exact) mass is 475 g/mol. The zero-order chi connectivity index (χ0) is 17.7. The Labute approximate surface area is 174 Å². The predicted molar refractivity (Wildman–Crippen MR) is 116 cm³/mol. The molecule has 1 heterocycles. The summed E-state index contributed by atoms with van der Waals surface area (Å²) in [7, 11) is 0. The van der Waals surface area contributed by atoms with Gasteiger partial charge in [0.05, 0.1) is 25.4 Å². The van der Waals surface area contributed by atoms with E-state index in [0.29, 0.717) is 17.6 Å². The molecule has 2 aliphatic rings. The summed E-state index contributed by atoms with van der Waals surface area (Å²) in [6.07, 6.45) is 10.7. The highest BCUT2D eigenvalue weighted by Gasteiger charge is 2.56. The van der Waals surface area contributed by atoms with Crippen LogP contribution in [-0.4, -0.2) is 47.6 Å². The van der Waals surface area contributed by atoms with E-state index >= 15 is 0 Å². The van der Waals surface area contributed by atoms with Crippen molar-refractivity contribution in [2.24, 2.45) is 10.4 Å². The van der Waals surface area contributed by atoms with Crippen molar-refractivity contribution in [1.82, 2.24) is 20.4 Å². The fourth-order valence-corrected chi connectivity index (χ4v) is 4.43. The molecule has 0 bridgehead atoms. The van der Waals surface area contributed by atoms with E-state index in [9.17, 15) is 0 Å². The second-order valence-electron chi connectivity index (χ2n) is 7.36. The number of nitrogens with zero attached hydrogens (tertiary/aromatic N) is 3. The fraction of sp³-hybridized carbons (Fsp3) is 0.789. The summed E-state index contributed by atoms with van der Waals surface area (Å²) < 4.78 is 7.97. The van der Waals surface area contributed by atoms with Crippen molar-refractivity contribution in [3.63, 3.8) is 0 Å². The maximum Gasteiger partial charge on any atom is 0.191 e. The molecule has 6 nitrogen and oxygen atoms in total. The fourth-order valence-electron chi connectivity index (χ4n) is 4.43. The Balaban J connectivity index is 0.00000243. The van der Waals surface area contributed by atoms with E-state index in [2.05, 4.69) is 42.7 Å². The molecule has 2 fully saturated rings. The van der Waals surface area contributed by atoms with Crippen LogP contribution >= 0.6 is 24.0 Å². The largest absolute Gasteiger partial charge is 0.378 e. The van der Waals surface area contributed by atoms with Crippen molar-refractivity contribution in [3.05, 3.63) is 18.0 Å². The number of ether oxygens (including phenoxy) is 1. The van der Waals surface area contributed by atoms with Gasteiger partial charge in [0.1, 0.15) is 0 Å². The summed E-state index contributed by atoms with van der Waals surface area (Å²) in [6.45, 7) is 9.50. The SMILES string of the molecule is CCNC(=NCCn1cc(C)cn1)NC1CC(OCC)C12CCCC2.I. The number of hydrogen-bond acceptors (Lipinski definition) is 3. The summed E-state index contributed by atoms with van der Waals surface area (Å²) in [5.41, 5.74) is 1.51. The molecule has 2 saturated carbocycles. The molecule has 1 spiro atoms. The quantitative estimate of drug-likeness (QED) is 0.362. The molecule has 7 heteroatoms. The number of rotatable bonds is 7. The number of aryl methyl sites for hydroxylation is 1. The van der Waals surface area contributed by atoms with Gasteiger partial charge < -0.3 is 15.4 Å². The maximum absolute atomic E-state index is 6.02. The summed E-state index contributed by atoms with van der Waals surface area (Å²) in [6, 6.07) is 0.483. The van der Waals surface area contributed by atoms with E-state index in [-0.39, 0.29) is 24.0 Å². The lowest BCUT2D eigenvalue weighted by molar-refractivity contribution is -0.125. The number of aromatic nitrogens is 2. The van der Waals surface area contributed by atoms with Gasteiger partial charge in [0, 0.05) is 30.8 Å². The van der Waals surface area contributed by atoms with Crippen LogP contribution in [0.3, 0.4) is 0 Å². The topological polar surface area (TPSA) is 63.5 Å². The molecule has 0 aliphatic heterocycles. The average molecular weight is 475 g/mol. The third-order valence-electron chi connectivity index (χ3n) is 5.70. The van der Waals surface area contributed by atoms with Crippen LogP contribution in [0, 0.1) is 12.3 Å². The molecular formula is C19H34IN5O. The van der Waals surface area contributed by atoms with Gasteiger partial charge in [-0.05, 0) is 45.6 Å². The average Bonchev–Trinajstić information content (AvgIpc) is 3.25. The Morgan fingerprint density at radius 1 is 1.38 bits per heavy atom. The molecule has 2 atom stereocenters. The van der Waals surface area contributed by atoms with Crippen LogP contribution < -0.4 is 10.6 Å². The van der Waals surface area contributed by atoms with Gasteiger partial charge in [0.2, 0.25) is 0 Å². The highest BCUT2D eigenvalue weighted by atomic mass is 127. The van der Waals surface area contributed by atoms with Crippen molar-refractivity contribution < 1.29 is 4.74 Å². The minimum Gasteiger partial charge on any atom is -0.378 e. The minimum absolute atomic E-state index is 0. The summed E-state index contributed by atoms with van der Waals surface area (Å²) in [4.78, 5) is 4.76. The molecular weight excluding hydrogens is 441 g/mol. The first-order valence-electron chi connectivity index (χ1n) is 9.83. The van der Waals surface area contributed by atoms with E-state index in [4.69, 9.17) is 9.73 Å². The van der Waals surface area contributed by atoms with Crippen molar-refractivity contribution >= 4 is 29.9 Å². The van der Waals surface area contributed by atoms with Gasteiger partial charge in [0.25, 0.3) is 0 Å². The highest BCUT2D eigenvalue weighted by Crippen LogP contribution is 2.54. The van der Waals surface area contributed by atoms with Gasteiger partial charge in [-0.1, -0.05) is 12.8 Å². The summed E-state index contributed by atoms with van der Waals surface area (Å²) >= 11 is 0. The van der Waals surface area contributed by atoms with E-state index in [1.165, 1.54) is 31.2 Å². The molecule has 26 heavy (non-hydrogen) atoms. The van der Waals surface area contributed by atoms with E-state index < -0.39 is 0 Å². The third kappa shape index (κ3) is 4.71. The van der Waals surface area contributed by atoms with Crippen LogP contribution in [0.15, 0.2) is 17.4 Å². The molecule has 1 aromatic heterocycles. The molecule has 2 N–H and O–H groups in total. The number of halogens is 1. The van der Waals surface area contributed by atoms with Crippen molar-refractivity contribution in [3.8, 4) is 0 Å². The number of hydrogen-bond donors (Lipinski definition) is 2. The number of guanidine groups is 1. The first-order valence-corrected chi connectivity index (χ1v) is 9.83. The Morgan fingerprint density at radius 2 is 2.15 bits per heavy atom. The first kappa shape index (κ1) is 21.5. The smallest absolute Gasteiger partial charge is 0.191 e. The Morgan fingerprint density at radius 3 is 2.77 bits per heavy atom. The molecule has 3 rings (SSSR count). The van der Waals surface area contributed by atoms with Crippen molar-refractivity contribution in [2.75, 3.05) is 19.7 Å². The van der Waals surface area contributed by atoms with Gasteiger partial charge >= 0.3 is 0 Å². The molecule has 0 radical (unpaired) electrons. The van der Waals surface area contributed by atoms with Gasteiger partial charge in [-0.2, -0.15) is 5.10 Å². The van der Waals surface area contributed by atoms with Crippen LogP contribution in [0.1, 0.15) is 51.5 Å². The van der Waals surface area contributed by atoms with Crippen molar-refractivity contribution in [1.29, 1.82) is 0 Å². The van der Waals surface area contributed by atoms with E-state index in [0.717, 1.165) is 38.6 Å². The van der Waals surface area contributed by atoms with E-state index in [1.807, 2.05) is 10.9 Å². The Hall–Kier alpha value is -0.830. The van der Waals surface area contributed by atoms with Gasteiger partial charge in [-0.25, -0.2) is 0 Å². The second-order valence-corrected chi connectivity index (χ2v) is 7.36.